The summed E-state index contributed by atoms with van der Waals surface area (Å²) < 4.78 is 14.2. The maximum atomic E-state index is 13.5. The van der Waals surface area contributed by atoms with Gasteiger partial charge in [0.25, 0.3) is 5.91 Å². The molecule has 10 heteroatoms. The molecule has 1 saturated heterocycles. The Balaban J connectivity index is 0.00000149. The molecule has 1 aliphatic heterocycles. The monoisotopic (exact) mass is 472 g/mol. The van der Waals surface area contributed by atoms with Crippen molar-refractivity contribution < 1.29 is 14.0 Å². The molecule has 8 nitrogen and oxygen atoms in total. The van der Waals surface area contributed by atoms with E-state index in [2.05, 4.69) is 25.6 Å². The molecule has 2 N–H and O–H groups in total. The van der Waals surface area contributed by atoms with Crippen molar-refractivity contribution in [3.8, 4) is 0 Å². The maximum Gasteiger partial charge on any atom is 0.274 e. The predicted molar refractivity (Wildman–Crippen MR) is 128 cm³/mol. The molecule has 3 aromatic rings. The predicted octanol–water partition coefficient (Wildman–Crippen LogP) is 4.02. The van der Waals surface area contributed by atoms with E-state index in [-0.39, 0.29) is 29.7 Å². The summed E-state index contributed by atoms with van der Waals surface area (Å²) in [4.78, 5) is 39.9. The van der Waals surface area contributed by atoms with Gasteiger partial charge in [-0.2, -0.15) is 0 Å². The van der Waals surface area contributed by atoms with Crippen molar-refractivity contribution in [2.75, 3.05) is 25.0 Å². The maximum absolute atomic E-state index is 13.5. The van der Waals surface area contributed by atoms with E-state index in [4.69, 9.17) is 0 Å². The molecule has 2 amide bonds. The lowest BCUT2D eigenvalue weighted by atomic mass is 10.1. The molecule has 2 atom stereocenters. The summed E-state index contributed by atoms with van der Waals surface area (Å²) in [7, 11) is 0. The van der Waals surface area contributed by atoms with Gasteiger partial charge in [0.15, 0.2) is 5.69 Å². The fraction of sp³-hybridized carbons (Fsp3) is 0.435. The first-order valence-corrected chi connectivity index (χ1v) is 12.0. The molecule has 1 fully saturated rings. The van der Waals surface area contributed by atoms with Crippen LogP contribution in [0.15, 0.2) is 29.9 Å². The number of hydrogen-bond donors (Lipinski definition) is 2. The van der Waals surface area contributed by atoms with Crippen molar-refractivity contribution in [3.05, 3.63) is 47.0 Å². The van der Waals surface area contributed by atoms with Crippen LogP contribution in [0.3, 0.4) is 0 Å². The van der Waals surface area contributed by atoms with Crippen LogP contribution in [0.25, 0.3) is 10.2 Å². The topological polar surface area (TPSA) is 100 Å². The third kappa shape index (κ3) is 5.62. The Bertz CT molecular complexity index is 1120. The first-order chi connectivity index (χ1) is 16.0. The lowest BCUT2D eigenvalue weighted by Crippen LogP contribution is -2.34. The lowest BCUT2D eigenvalue weighted by Gasteiger charge is -2.18. The van der Waals surface area contributed by atoms with Gasteiger partial charge < -0.3 is 15.5 Å². The van der Waals surface area contributed by atoms with Crippen molar-refractivity contribution in [2.45, 2.75) is 40.2 Å². The van der Waals surface area contributed by atoms with Crippen molar-refractivity contribution in [1.29, 1.82) is 0 Å². The minimum Gasteiger partial charge on any atom is -0.356 e. The van der Waals surface area contributed by atoms with Crippen LogP contribution in [0.1, 0.15) is 56.2 Å². The molecule has 4 rings (SSSR count). The summed E-state index contributed by atoms with van der Waals surface area (Å²) in [5.41, 5.74) is 1.62. The number of fused-ring (bicyclic) bond motifs is 1. The molecule has 2 unspecified atom stereocenters. The summed E-state index contributed by atoms with van der Waals surface area (Å²) in [5, 5.41) is 7.82. The number of nitrogens with zero attached hydrogens (tertiary/aromatic N) is 4. The second-order valence-electron chi connectivity index (χ2n) is 7.46. The van der Waals surface area contributed by atoms with Gasteiger partial charge in [-0.15, -0.1) is 11.3 Å². The number of amides is 2. The van der Waals surface area contributed by atoms with Crippen LogP contribution in [-0.2, 0) is 4.79 Å². The highest BCUT2D eigenvalue weighted by molar-refractivity contribution is 7.17. The van der Waals surface area contributed by atoms with Crippen molar-refractivity contribution in [2.24, 2.45) is 5.92 Å². The SMILES string of the molecule is CC.CCNC(=O)C1CCN(C(=O)c2nc(NC(C)c3cncc(F)c3)nc3ccsc23)C1. The van der Waals surface area contributed by atoms with Crippen molar-refractivity contribution in [1.82, 2.24) is 25.2 Å². The number of anilines is 1. The van der Waals surface area contributed by atoms with Crippen LogP contribution < -0.4 is 10.6 Å². The molecule has 33 heavy (non-hydrogen) atoms. The zero-order valence-corrected chi connectivity index (χ0v) is 20.1. The third-order valence-corrected chi connectivity index (χ3v) is 6.19. The number of carbonyl (C=O) groups is 2. The van der Waals surface area contributed by atoms with Crippen molar-refractivity contribution in [3.63, 3.8) is 0 Å². The molecule has 0 aromatic carbocycles. The average molecular weight is 473 g/mol. The normalized spacial score (nSPS) is 16.2. The Morgan fingerprint density at radius 3 is 2.82 bits per heavy atom. The fourth-order valence-electron chi connectivity index (χ4n) is 3.64. The molecule has 0 radical (unpaired) electrons. The summed E-state index contributed by atoms with van der Waals surface area (Å²) in [5.74, 6) is -0.591. The largest absolute Gasteiger partial charge is 0.356 e. The quantitative estimate of drug-likeness (QED) is 0.562. The fourth-order valence-corrected chi connectivity index (χ4v) is 4.45. The number of carbonyl (C=O) groups excluding carboxylic acids is 2. The zero-order chi connectivity index (χ0) is 24.0. The number of likely N-dealkylation sites (tertiary alicyclic amines) is 1. The van der Waals surface area contributed by atoms with E-state index in [0.717, 1.165) is 6.20 Å². The molecule has 0 saturated carbocycles. The minimum absolute atomic E-state index is 0.0263. The molecule has 0 aliphatic carbocycles. The van der Waals surface area contributed by atoms with E-state index >= 15 is 0 Å². The molecule has 3 aromatic heterocycles. The standard InChI is InChI=1S/C21H23FN6O2S.C2H6/c1-3-24-19(29)13-4-6-28(11-13)20(30)17-18-16(5-7-31-18)26-21(27-17)25-12(2)14-8-15(22)10-23-9-14;1-2/h5,7-10,12-13H,3-4,6,11H2,1-2H3,(H,24,29)(H,25,26,27);1-2H3. The van der Waals surface area contributed by atoms with Gasteiger partial charge in [0, 0.05) is 25.8 Å². The van der Waals surface area contributed by atoms with E-state index in [0.29, 0.717) is 47.5 Å². The van der Waals surface area contributed by atoms with Crippen LogP contribution in [0, 0.1) is 11.7 Å². The van der Waals surface area contributed by atoms with Gasteiger partial charge in [-0.1, -0.05) is 13.8 Å². The minimum atomic E-state index is -0.424. The number of thiophene rings is 1. The molecule has 4 heterocycles. The molecule has 1 aliphatic rings. The van der Waals surface area contributed by atoms with Crippen LogP contribution in [0.4, 0.5) is 10.3 Å². The van der Waals surface area contributed by atoms with Crippen LogP contribution in [-0.4, -0.2) is 51.3 Å². The Kier molecular flexibility index (Phi) is 8.26. The number of aromatic nitrogens is 3. The van der Waals surface area contributed by atoms with Gasteiger partial charge in [0.1, 0.15) is 5.82 Å². The van der Waals surface area contributed by atoms with E-state index in [1.807, 2.05) is 39.1 Å². The van der Waals surface area contributed by atoms with Crippen LogP contribution in [0.2, 0.25) is 0 Å². The van der Waals surface area contributed by atoms with E-state index in [1.54, 1.807) is 11.1 Å². The first kappa shape index (κ1) is 24.5. The number of hydrogen-bond acceptors (Lipinski definition) is 7. The van der Waals surface area contributed by atoms with E-state index in [1.165, 1.54) is 17.4 Å². The van der Waals surface area contributed by atoms with E-state index in [9.17, 15) is 14.0 Å². The lowest BCUT2D eigenvalue weighted by molar-refractivity contribution is -0.124. The van der Waals surface area contributed by atoms with Gasteiger partial charge >= 0.3 is 0 Å². The Morgan fingerprint density at radius 2 is 2.09 bits per heavy atom. The summed E-state index contributed by atoms with van der Waals surface area (Å²) in [6.45, 7) is 9.16. The number of nitrogens with one attached hydrogen (secondary N) is 2. The first-order valence-electron chi connectivity index (χ1n) is 11.2. The van der Waals surface area contributed by atoms with Crippen LogP contribution >= 0.6 is 11.3 Å². The smallest absolute Gasteiger partial charge is 0.274 e. The summed E-state index contributed by atoms with van der Waals surface area (Å²) in [6, 6.07) is 2.92. The highest BCUT2D eigenvalue weighted by Crippen LogP contribution is 2.28. The second-order valence-corrected chi connectivity index (χ2v) is 8.38. The number of pyridine rings is 1. The Hall–Kier alpha value is -3.14. The Morgan fingerprint density at radius 1 is 1.30 bits per heavy atom. The average Bonchev–Trinajstić information content (AvgIpc) is 3.49. The second kappa shape index (κ2) is 11.1. The molecule has 0 spiro atoms. The highest BCUT2D eigenvalue weighted by atomic mass is 32.1. The molecular formula is C23H29FN6O2S. The van der Waals surface area contributed by atoms with Gasteiger partial charge in [-0.3, -0.25) is 14.6 Å². The Labute approximate surface area is 196 Å². The highest BCUT2D eigenvalue weighted by Gasteiger charge is 2.33. The van der Waals surface area contributed by atoms with Crippen LogP contribution in [0.5, 0.6) is 0 Å². The molecule has 0 bridgehead atoms. The van der Waals surface area contributed by atoms with Gasteiger partial charge in [0.2, 0.25) is 11.9 Å². The summed E-state index contributed by atoms with van der Waals surface area (Å²) >= 11 is 1.40. The molecular weight excluding hydrogens is 443 g/mol. The van der Waals surface area contributed by atoms with Gasteiger partial charge in [0.05, 0.1) is 28.4 Å². The van der Waals surface area contributed by atoms with E-state index < -0.39 is 5.82 Å². The third-order valence-electron chi connectivity index (χ3n) is 5.28. The number of halogens is 1. The number of rotatable bonds is 6. The molecule has 176 valence electrons. The summed E-state index contributed by atoms with van der Waals surface area (Å²) in [6.07, 6.45) is 3.34. The van der Waals surface area contributed by atoms with Gasteiger partial charge in [-0.25, -0.2) is 14.4 Å². The zero-order valence-electron chi connectivity index (χ0n) is 19.3. The van der Waals surface area contributed by atoms with Crippen molar-refractivity contribution >= 4 is 39.3 Å². The van der Waals surface area contributed by atoms with Gasteiger partial charge in [-0.05, 0) is 43.3 Å².